The van der Waals surface area contributed by atoms with Crippen LogP contribution in [0.4, 0.5) is 0 Å². The third-order valence-corrected chi connectivity index (χ3v) is 6.78. The lowest BCUT2D eigenvalue weighted by atomic mass is 10.1. The zero-order chi connectivity index (χ0) is 21.9. The summed E-state index contributed by atoms with van der Waals surface area (Å²) in [4.78, 5) is 0. The number of benzene rings is 5. The monoisotopic (exact) mass is 422 g/mol. The Morgan fingerprint density at radius 2 is 1.03 bits per heavy atom. The number of hydrogen-bond acceptors (Lipinski definition) is 0. The summed E-state index contributed by atoms with van der Waals surface area (Å²) < 4.78 is 4.83. The molecule has 7 aromatic rings. The fourth-order valence-electron chi connectivity index (χ4n) is 5.33. The zero-order valence-electron chi connectivity index (χ0n) is 18.4. The molecule has 0 amide bonds. The number of aromatic nitrogens is 2. The first kappa shape index (κ1) is 18.3. The van der Waals surface area contributed by atoms with Crippen molar-refractivity contribution in [3.8, 4) is 11.4 Å². The number of rotatable bonds is 2. The van der Waals surface area contributed by atoms with Crippen molar-refractivity contribution in [1.82, 2.24) is 9.13 Å². The molecule has 0 aliphatic rings. The van der Waals surface area contributed by atoms with E-state index >= 15 is 0 Å². The van der Waals surface area contributed by atoms with E-state index in [1.165, 1.54) is 60.5 Å². The molecule has 0 aliphatic carbocycles. The molecule has 0 fully saturated rings. The number of fused-ring (bicyclic) bond motifs is 7. The van der Waals surface area contributed by atoms with E-state index < -0.39 is 0 Å². The maximum atomic E-state index is 2.43. The van der Waals surface area contributed by atoms with Crippen molar-refractivity contribution in [3.05, 3.63) is 121 Å². The van der Waals surface area contributed by atoms with Crippen LogP contribution in [0.25, 0.3) is 55.0 Å². The van der Waals surface area contributed by atoms with E-state index in [0.29, 0.717) is 0 Å². The van der Waals surface area contributed by atoms with E-state index in [9.17, 15) is 0 Å². The van der Waals surface area contributed by atoms with Gasteiger partial charge < -0.3 is 9.13 Å². The summed E-state index contributed by atoms with van der Waals surface area (Å²) in [5.74, 6) is 0. The molecule has 5 aromatic carbocycles. The Hall–Kier alpha value is -4.30. The molecule has 0 saturated carbocycles. The van der Waals surface area contributed by atoms with Crippen LogP contribution in [0.2, 0.25) is 0 Å². The predicted octanol–water partition coefficient (Wildman–Crippen LogP) is 8.19. The number of hydrogen-bond donors (Lipinski definition) is 0. The van der Waals surface area contributed by atoms with E-state index in [2.05, 4.69) is 131 Å². The van der Waals surface area contributed by atoms with Gasteiger partial charge in [-0.3, -0.25) is 0 Å². The highest BCUT2D eigenvalue weighted by Crippen LogP contribution is 2.41. The van der Waals surface area contributed by atoms with Crippen molar-refractivity contribution in [1.29, 1.82) is 0 Å². The Balaban J connectivity index is 1.75. The van der Waals surface area contributed by atoms with E-state index in [0.717, 1.165) is 0 Å². The molecule has 0 spiro atoms. The zero-order valence-corrected chi connectivity index (χ0v) is 18.4. The van der Waals surface area contributed by atoms with Crippen molar-refractivity contribution >= 4 is 43.6 Å². The van der Waals surface area contributed by atoms with Crippen LogP contribution >= 0.6 is 0 Å². The van der Waals surface area contributed by atoms with Crippen LogP contribution in [-0.4, -0.2) is 9.13 Å². The van der Waals surface area contributed by atoms with Gasteiger partial charge >= 0.3 is 0 Å². The molecule has 0 saturated heterocycles. The second kappa shape index (κ2) is 6.85. The lowest BCUT2D eigenvalue weighted by Crippen LogP contribution is -1.95. The molecule has 0 N–H and O–H groups in total. The van der Waals surface area contributed by atoms with Crippen molar-refractivity contribution in [2.45, 2.75) is 6.92 Å². The molecule has 2 heterocycles. The standard InChI is InChI=1S/C31H22N2/c1-21-15-17-23(18-16-21)32-28-14-8-6-12-26(28)30-29(32)20-19-25-24-11-5-7-13-27(24)33(31(25)30)22-9-3-2-4-10-22/h2-20H,1H3. The molecule has 33 heavy (non-hydrogen) atoms. The van der Waals surface area contributed by atoms with Crippen molar-refractivity contribution < 1.29 is 0 Å². The Bertz CT molecular complexity index is 1800. The Labute approximate surface area is 191 Å². The molecule has 0 atom stereocenters. The van der Waals surface area contributed by atoms with E-state index in [4.69, 9.17) is 0 Å². The summed E-state index contributed by atoms with van der Waals surface area (Å²) in [6, 6.07) is 41.6. The second-order valence-corrected chi connectivity index (χ2v) is 8.73. The maximum Gasteiger partial charge on any atom is 0.0641 e. The largest absolute Gasteiger partial charge is 0.309 e. The van der Waals surface area contributed by atoms with E-state index in [-0.39, 0.29) is 0 Å². The molecule has 2 nitrogen and oxygen atoms in total. The minimum absolute atomic E-state index is 1.18. The quantitative estimate of drug-likeness (QED) is 0.266. The molecule has 2 heteroatoms. The highest BCUT2D eigenvalue weighted by Gasteiger charge is 2.20. The lowest BCUT2D eigenvalue weighted by molar-refractivity contribution is 1.17. The third kappa shape index (κ3) is 2.55. The molecule has 0 bridgehead atoms. The van der Waals surface area contributed by atoms with Gasteiger partial charge in [0.25, 0.3) is 0 Å². The number of aryl methyl sites for hydroxylation is 1. The molecule has 156 valence electrons. The molecular formula is C31H22N2. The Morgan fingerprint density at radius 1 is 0.424 bits per heavy atom. The first-order valence-corrected chi connectivity index (χ1v) is 11.4. The first-order valence-electron chi connectivity index (χ1n) is 11.4. The molecular weight excluding hydrogens is 400 g/mol. The van der Waals surface area contributed by atoms with Gasteiger partial charge in [-0.1, -0.05) is 78.4 Å². The minimum atomic E-state index is 1.18. The van der Waals surface area contributed by atoms with Crippen molar-refractivity contribution in [2.75, 3.05) is 0 Å². The first-order chi connectivity index (χ1) is 16.3. The average Bonchev–Trinajstić information content (AvgIpc) is 3.38. The highest BCUT2D eigenvalue weighted by molar-refractivity contribution is 6.26. The maximum absolute atomic E-state index is 2.43. The van der Waals surface area contributed by atoms with Crippen LogP contribution in [0.15, 0.2) is 115 Å². The second-order valence-electron chi connectivity index (χ2n) is 8.73. The molecule has 2 aromatic heterocycles. The van der Waals surface area contributed by atoms with Gasteiger partial charge in [0.05, 0.1) is 22.1 Å². The van der Waals surface area contributed by atoms with Gasteiger partial charge in [0.2, 0.25) is 0 Å². The van der Waals surface area contributed by atoms with Crippen LogP contribution in [-0.2, 0) is 0 Å². The van der Waals surface area contributed by atoms with Crippen LogP contribution < -0.4 is 0 Å². The summed E-state index contributed by atoms with van der Waals surface area (Å²) in [5, 5.41) is 5.14. The third-order valence-electron chi connectivity index (χ3n) is 6.78. The smallest absolute Gasteiger partial charge is 0.0641 e. The van der Waals surface area contributed by atoms with Gasteiger partial charge in [0.1, 0.15) is 0 Å². The minimum Gasteiger partial charge on any atom is -0.309 e. The van der Waals surface area contributed by atoms with Crippen LogP contribution in [0.1, 0.15) is 5.56 Å². The number of para-hydroxylation sites is 3. The van der Waals surface area contributed by atoms with Crippen LogP contribution in [0.5, 0.6) is 0 Å². The van der Waals surface area contributed by atoms with Gasteiger partial charge in [-0.15, -0.1) is 0 Å². The topological polar surface area (TPSA) is 9.86 Å². The summed E-state index contributed by atoms with van der Waals surface area (Å²) in [6.45, 7) is 2.14. The van der Waals surface area contributed by atoms with E-state index in [1.54, 1.807) is 0 Å². The molecule has 7 rings (SSSR count). The molecule has 0 aliphatic heterocycles. The number of nitrogens with zero attached hydrogens (tertiary/aromatic N) is 2. The van der Waals surface area contributed by atoms with Gasteiger partial charge in [-0.25, -0.2) is 0 Å². The lowest BCUT2D eigenvalue weighted by Gasteiger charge is -2.10. The van der Waals surface area contributed by atoms with Crippen molar-refractivity contribution in [2.24, 2.45) is 0 Å². The van der Waals surface area contributed by atoms with Crippen LogP contribution in [0.3, 0.4) is 0 Å². The van der Waals surface area contributed by atoms with Gasteiger partial charge in [-0.05, 0) is 49.4 Å². The van der Waals surface area contributed by atoms with Gasteiger partial charge in [0.15, 0.2) is 0 Å². The normalized spacial score (nSPS) is 11.8. The summed E-state index contributed by atoms with van der Waals surface area (Å²) in [7, 11) is 0. The average molecular weight is 423 g/mol. The highest BCUT2D eigenvalue weighted by atomic mass is 15.0. The van der Waals surface area contributed by atoms with E-state index in [1.807, 2.05) is 0 Å². The SMILES string of the molecule is Cc1ccc(-n2c3ccccc3c3c2ccc2c4ccccc4n(-c4ccccc4)c23)cc1. The Kier molecular flexibility index (Phi) is 3.80. The predicted molar refractivity (Wildman–Crippen MR) is 140 cm³/mol. The van der Waals surface area contributed by atoms with Crippen molar-refractivity contribution in [3.63, 3.8) is 0 Å². The summed E-state index contributed by atoms with van der Waals surface area (Å²) >= 11 is 0. The summed E-state index contributed by atoms with van der Waals surface area (Å²) in [6.07, 6.45) is 0. The fraction of sp³-hybridized carbons (Fsp3) is 0.0323. The summed E-state index contributed by atoms with van der Waals surface area (Å²) in [5.41, 5.74) is 8.60. The van der Waals surface area contributed by atoms with Gasteiger partial charge in [0, 0.05) is 32.9 Å². The molecule has 0 unspecified atom stereocenters. The van der Waals surface area contributed by atoms with Gasteiger partial charge in [-0.2, -0.15) is 0 Å². The fourth-order valence-corrected chi connectivity index (χ4v) is 5.33. The Morgan fingerprint density at radius 3 is 1.79 bits per heavy atom. The van der Waals surface area contributed by atoms with Crippen LogP contribution in [0, 0.1) is 6.92 Å². The molecule has 0 radical (unpaired) electrons.